The van der Waals surface area contributed by atoms with E-state index in [0.29, 0.717) is 24.9 Å². The molecule has 146 valence electrons. The Morgan fingerprint density at radius 1 is 1.35 bits per heavy atom. The second-order valence-electron chi connectivity index (χ2n) is 6.39. The number of rotatable bonds is 6. The predicted molar refractivity (Wildman–Crippen MR) is 110 cm³/mol. The molecule has 1 amide bonds. The van der Waals surface area contributed by atoms with Gasteiger partial charge in [-0.2, -0.15) is 0 Å². The number of carbonyl (C=O) groups is 1. The molecule has 26 heavy (non-hydrogen) atoms. The number of nitrogens with zero attached hydrogens (tertiary/aromatic N) is 2. The van der Waals surface area contributed by atoms with Gasteiger partial charge in [0, 0.05) is 38.7 Å². The maximum Gasteiger partial charge on any atom is 0.217 e. The Balaban J connectivity index is 0.00000338. The van der Waals surface area contributed by atoms with Crippen molar-refractivity contribution in [2.24, 2.45) is 16.6 Å². The van der Waals surface area contributed by atoms with Gasteiger partial charge < -0.3 is 16.0 Å². The smallest absolute Gasteiger partial charge is 0.217 e. The minimum absolute atomic E-state index is 0. The summed E-state index contributed by atoms with van der Waals surface area (Å²) in [4.78, 5) is 17.9. The SMILES string of the molecule is CCNC(=NCCc1cc(F)cc(F)c1)N1CCCC(CC(N)=O)C1.I. The highest BCUT2D eigenvalue weighted by atomic mass is 127. The zero-order valence-electron chi connectivity index (χ0n) is 15.0. The first-order chi connectivity index (χ1) is 12.0. The fourth-order valence-electron chi connectivity index (χ4n) is 3.18. The third kappa shape index (κ3) is 7.43. The van der Waals surface area contributed by atoms with Gasteiger partial charge in [-0.25, -0.2) is 8.78 Å². The van der Waals surface area contributed by atoms with Gasteiger partial charge in [0.1, 0.15) is 11.6 Å². The van der Waals surface area contributed by atoms with Crippen LogP contribution in [-0.4, -0.2) is 42.9 Å². The van der Waals surface area contributed by atoms with E-state index in [1.807, 2.05) is 6.92 Å². The Hall–Kier alpha value is -1.45. The molecular weight excluding hydrogens is 453 g/mol. The number of hydrogen-bond donors (Lipinski definition) is 2. The number of hydrogen-bond acceptors (Lipinski definition) is 2. The minimum Gasteiger partial charge on any atom is -0.370 e. The molecule has 0 bridgehead atoms. The van der Waals surface area contributed by atoms with Gasteiger partial charge in [0.15, 0.2) is 5.96 Å². The molecule has 1 atom stereocenters. The zero-order chi connectivity index (χ0) is 18.2. The van der Waals surface area contributed by atoms with Crippen molar-refractivity contribution < 1.29 is 13.6 Å². The van der Waals surface area contributed by atoms with Crippen molar-refractivity contribution in [2.45, 2.75) is 32.6 Å². The molecule has 0 aliphatic carbocycles. The number of aliphatic imine (C=N–C) groups is 1. The van der Waals surface area contributed by atoms with E-state index in [-0.39, 0.29) is 35.8 Å². The molecule has 5 nitrogen and oxygen atoms in total. The van der Waals surface area contributed by atoms with Crippen LogP contribution in [0.5, 0.6) is 0 Å². The van der Waals surface area contributed by atoms with E-state index in [1.54, 1.807) is 0 Å². The number of nitrogens with one attached hydrogen (secondary N) is 1. The summed E-state index contributed by atoms with van der Waals surface area (Å²) in [5.41, 5.74) is 5.89. The van der Waals surface area contributed by atoms with E-state index in [9.17, 15) is 13.6 Å². The highest BCUT2D eigenvalue weighted by Crippen LogP contribution is 2.19. The molecule has 1 aliphatic heterocycles. The summed E-state index contributed by atoms with van der Waals surface area (Å²) in [6, 6.07) is 3.52. The predicted octanol–water partition coefficient (Wildman–Crippen LogP) is 2.68. The number of likely N-dealkylation sites (tertiary alicyclic amines) is 1. The molecule has 3 N–H and O–H groups in total. The monoisotopic (exact) mass is 480 g/mol. The van der Waals surface area contributed by atoms with Gasteiger partial charge in [-0.05, 0) is 49.8 Å². The van der Waals surface area contributed by atoms with Crippen molar-refractivity contribution in [1.29, 1.82) is 0 Å². The average molecular weight is 480 g/mol. The molecule has 8 heteroatoms. The minimum atomic E-state index is -0.573. The number of benzene rings is 1. The Bertz CT molecular complexity index is 607. The van der Waals surface area contributed by atoms with Crippen molar-refractivity contribution in [3.05, 3.63) is 35.4 Å². The number of nitrogens with two attached hydrogens (primary N) is 1. The molecule has 0 spiro atoms. The van der Waals surface area contributed by atoms with Crippen LogP contribution in [0.25, 0.3) is 0 Å². The van der Waals surface area contributed by atoms with Gasteiger partial charge in [-0.3, -0.25) is 9.79 Å². The summed E-state index contributed by atoms with van der Waals surface area (Å²) in [5.74, 6) is -0.407. The Labute approximate surface area is 170 Å². The van der Waals surface area contributed by atoms with Crippen LogP contribution in [0.15, 0.2) is 23.2 Å². The van der Waals surface area contributed by atoms with Crippen LogP contribution >= 0.6 is 24.0 Å². The van der Waals surface area contributed by atoms with Crippen LogP contribution in [-0.2, 0) is 11.2 Å². The van der Waals surface area contributed by atoms with Crippen molar-refractivity contribution in [3.8, 4) is 0 Å². The van der Waals surface area contributed by atoms with Crippen LogP contribution in [0.2, 0.25) is 0 Å². The molecule has 1 aromatic carbocycles. The van der Waals surface area contributed by atoms with E-state index < -0.39 is 11.6 Å². The largest absolute Gasteiger partial charge is 0.370 e. The second-order valence-corrected chi connectivity index (χ2v) is 6.39. The summed E-state index contributed by atoms with van der Waals surface area (Å²) >= 11 is 0. The standard InChI is InChI=1S/C18H26F2N4O.HI/c1-2-22-18(24-7-3-4-14(12-24)10-17(21)25)23-6-5-13-8-15(19)11-16(20)9-13;/h8-9,11,14H,2-7,10,12H2,1H3,(H2,21,25)(H,22,23);1H. The lowest BCUT2D eigenvalue weighted by molar-refractivity contribution is -0.119. The molecule has 2 rings (SSSR count). The Morgan fingerprint density at radius 2 is 2.04 bits per heavy atom. The quantitative estimate of drug-likeness (QED) is 0.374. The molecule has 0 saturated carbocycles. The van der Waals surface area contributed by atoms with Crippen LogP contribution in [0.3, 0.4) is 0 Å². The lowest BCUT2D eigenvalue weighted by atomic mass is 9.95. The van der Waals surface area contributed by atoms with Gasteiger partial charge in [-0.15, -0.1) is 24.0 Å². The summed E-state index contributed by atoms with van der Waals surface area (Å²) in [5, 5.41) is 3.25. The van der Waals surface area contributed by atoms with Crippen LogP contribution in [0.1, 0.15) is 31.7 Å². The second kappa shape index (κ2) is 11.3. The van der Waals surface area contributed by atoms with Gasteiger partial charge in [0.05, 0.1) is 0 Å². The number of halogens is 3. The average Bonchev–Trinajstić information content (AvgIpc) is 2.53. The maximum absolute atomic E-state index is 13.2. The first kappa shape index (κ1) is 22.6. The molecule has 1 heterocycles. The van der Waals surface area contributed by atoms with E-state index >= 15 is 0 Å². The van der Waals surface area contributed by atoms with Gasteiger partial charge in [0.2, 0.25) is 5.91 Å². The fourth-order valence-corrected chi connectivity index (χ4v) is 3.18. The fraction of sp³-hybridized carbons (Fsp3) is 0.556. The zero-order valence-corrected chi connectivity index (χ0v) is 17.3. The summed E-state index contributed by atoms with van der Waals surface area (Å²) in [7, 11) is 0. The first-order valence-electron chi connectivity index (χ1n) is 8.74. The van der Waals surface area contributed by atoms with Gasteiger partial charge in [0.25, 0.3) is 0 Å². The Morgan fingerprint density at radius 3 is 2.65 bits per heavy atom. The summed E-state index contributed by atoms with van der Waals surface area (Å²) in [6.07, 6.45) is 2.82. The van der Waals surface area contributed by atoms with Crippen molar-refractivity contribution in [3.63, 3.8) is 0 Å². The molecule has 1 saturated heterocycles. The molecule has 1 unspecified atom stereocenters. The van der Waals surface area contributed by atoms with Gasteiger partial charge >= 0.3 is 0 Å². The summed E-state index contributed by atoms with van der Waals surface area (Å²) in [6.45, 7) is 4.76. The van der Waals surface area contributed by atoms with E-state index in [1.165, 1.54) is 12.1 Å². The first-order valence-corrected chi connectivity index (χ1v) is 8.74. The molecule has 1 aliphatic rings. The van der Waals surface area contributed by atoms with E-state index in [0.717, 1.165) is 44.5 Å². The lowest BCUT2D eigenvalue weighted by Gasteiger charge is -2.34. The molecule has 1 fully saturated rings. The number of piperidine rings is 1. The Kier molecular flexibility index (Phi) is 9.82. The normalized spacial score (nSPS) is 17.6. The van der Waals surface area contributed by atoms with E-state index in [4.69, 9.17) is 5.73 Å². The number of carbonyl (C=O) groups excluding carboxylic acids is 1. The number of amides is 1. The number of guanidine groups is 1. The van der Waals surface area contributed by atoms with Crippen molar-refractivity contribution in [1.82, 2.24) is 10.2 Å². The highest BCUT2D eigenvalue weighted by molar-refractivity contribution is 14.0. The third-order valence-corrected chi connectivity index (χ3v) is 4.23. The van der Waals surface area contributed by atoms with Crippen LogP contribution < -0.4 is 11.1 Å². The highest BCUT2D eigenvalue weighted by Gasteiger charge is 2.23. The van der Waals surface area contributed by atoms with Crippen LogP contribution in [0.4, 0.5) is 8.78 Å². The molecule has 1 aromatic rings. The van der Waals surface area contributed by atoms with Crippen LogP contribution in [0, 0.1) is 17.6 Å². The lowest BCUT2D eigenvalue weighted by Crippen LogP contribution is -2.47. The topological polar surface area (TPSA) is 70.7 Å². The third-order valence-electron chi connectivity index (χ3n) is 4.23. The van der Waals surface area contributed by atoms with Crippen molar-refractivity contribution >= 4 is 35.8 Å². The van der Waals surface area contributed by atoms with Crippen molar-refractivity contribution in [2.75, 3.05) is 26.2 Å². The van der Waals surface area contributed by atoms with Gasteiger partial charge in [-0.1, -0.05) is 0 Å². The molecular formula is C18H27F2IN4O. The maximum atomic E-state index is 13.2. The molecule has 0 aromatic heterocycles. The molecule has 0 radical (unpaired) electrons. The summed E-state index contributed by atoms with van der Waals surface area (Å²) < 4.78 is 26.5. The van der Waals surface area contributed by atoms with E-state index in [2.05, 4.69) is 15.2 Å². The number of primary amides is 1.